The van der Waals surface area contributed by atoms with E-state index in [2.05, 4.69) is 82.9 Å². The van der Waals surface area contributed by atoms with Crippen LogP contribution in [0.25, 0.3) is 28.2 Å². The number of benzene rings is 2. The van der Waals surface area contributed by atoms with E-state index in [9.17, 15) is 0 Å². The van der Waals surface area contributed by atoms with Gasteiger partial charge in [0.15, 0.2) is 0 Å². The van der Waals surface area contributed by atoms with E-state index in [1.807, 2.05) is 31.6 Å². The minimum absolute atomic E-state index is 0.368. The summed E-state index contributed by atoms with van der Waals surface area (Å²) in [4.78, 5) is 13.4. The van der Waals surface area contributed by atoms with Crippen LogP contribution < -0.4 is 0 Å². The predicted octanol–water partition coefficient (Wildman–Crippen LogP) is 5.99. The minimum atomic E-state index is 0.368. The van der Waals surface area contributed by atoms with Gasteiger partial charge in [-0.1, -0.05) is 51.1 Å². The van der Waals surface area contributed by atoms with Crippen molar-refractivity contribution < 1.29 is 0 Å². The van der Waals surface area contributed by atoms with Gasteiger partial charge < -0.3 is 0 Å². The summed E-state index contributed by atoms with van der Waals surface area (Å²) < 4.78 is 2.24. The Morgan fingerprint density at radius 3 is 2.28 bits per heavy atom. The minimum Gasteiger partial charge on any atom is -0.299 e. The van der Waals surface area contributed by atoms with Crippen molar-refractivity contribution in [2.24, 2.45) is 0 Å². The van der Waals surface area contributed by atoms with Gasteiger partial charge in [-0.05, 0) is 48.1 Å². The first-order chi connectivity index (χ1) is 14.1. The molecule has 0 unspecified atom stereocenters. The normalized spacial score (nSPS) is 11.2. The summed E-state index contributed by atoms with van der Waals surface area (Å²) in [7, 11) is 0. The molecule has 4 heteroatoms. The first-order valence-electron chi connectivity index (χ1n) is 10.1. The molecule has 2 aromatic carbocycles. The summed E-state index contributed by atoms with van der Waals surface area (Å²) in [5.74, 6) is 2.12. The van der Waals surface area contributed by atoms with Crippen LogP contribution in [0.4, 0.5) is 0 Å². The van der Waals surface area contributed by atoms with Gasteiger partial charge in [-0.2, -0.15) is 0 Å². The number of rotatable bonds is 5. The maximum absolute atomic E-state index is 4.67. The van der Waals surface area contributed by atoms with Crippen LogP contribution in [0.2, 0.25) is 0 Å². The molecule has 4 nitrogen and oxygen atoms in total. The zero-order valence-electron chi connectivity index (χ0n) is 17.4. The number of hydrogen-bond donors (Lipinski definition) is 0. The van der Waals surface area contributed by atoms with Crippen molar-refractivity contribution in [2.75, 3.05) is 0 Å². The Hall–Kier alpha value is -3.27. The van der Waals surface area contributed by atoms with Crippen LogP contribution in [-0.2, 0) is 6.42 Å². The molecule has 0 atom stereocenters. The average Bonchev–Trinajstić information content (AvgIpc) is 3.23. The molecule has 2 heterocycles. The highest BCUT2D eigenvalue weighted by molar-refractivity contribution is 5.70. The zero-order chi connectivity index (χ0) is 20.4. The van der Waals surface area contributed by atoms with Crippen molar-refractivity contribution in [2.45, 2.75) is 40.0 Å². The summed E-state index contributed by atoms with van der Waals surface area (Å²) in [6, 6.07) is 14.9. The lowest BCUT2D eigenvalue weighted by Crippen LogP contribution is -2.07. The van der Waals surface area contributed by atoms with E-state index in [-0.39, 0.29) is 0 Å². The lowest BCUT2D eigenvalue weighted by atomic mass is 9.91. The smallest absolute Gasteiger partial charge is 0.144 e. The van der Waals surface area contributed by atoms with Gasteiger partial charge in [0.25, 0.3) is 0 Å². The molecule has 0 fully saturated rings. The van der Waals surface area contributed by atoms with E-state index in [1.54, 1.807) is 0 Å². The second-order valence-corrected chi connectivity index (χ2v) is 7.59. The van der Waals surface area contributed by atoms with E-state index < -0.39 is 0 Å². The van der Waals surface area contributed by atoms with Crippen LogP contribution in [0, 0.1) is 6.92 Å². The molecule has 0 amide bonds. The van der Waals surface area contributed by atoms with Crippen LogP contribution in [0.15, 0.2) is 67.3 Å². The Balaban J connectivity index is 1.93. The van der Waals surface area contributed by atoms with E-state index in [0.29, 0.717) is 5.92 Å². The molecule has 4 rings (SSSR count). The standard InChI is InChI=1S/C25H26N4/c1-5-19-13-21(22-15-27-18(4)28-16-22)14-23(17(2)3)24(19)29-12-11-26-25(29)20-9-7-6-8-10-20/h6-17H,5H2,1-4H3. The largest absolute Gasteiger partial charge is 0.299 e. The highest BCUT2D eigenvalue weighted by Crippen LogP contribution is 2.34. The summed E-state index contributed by atoms with van der Waals surface area (Å²) in [5.41, 5.74) is 7.15. The molecular formula is C25H26N4. The van der Waals surface area contributed by atoms with E-state index in [1.165, 1.54) is 16.8 Å². The van der Waals surface area contributed by atoms with Gasteiger partial charge >= 0.3 is 0 Å². The molecule has 29 heavy (non-hydrogen) atoms. The zero-order valence-corrected chi connectivity index (χ0v) is 17.4. The summed E-state index contributed by atoms with van der Waals surface area (Å²) >= 11 is 0. The van der Waals surface area contributed by atoms with Crippen LogP contribution >= 0.6 is 0 Å². The summed E-state index contributed by atoms with van der Waals surface area (Å²) in [6.07, 6.45) is 8.70. The Morgan fingerprint density at radius 1 is 0.897 bits per heavy atom. The highest BCUT2D eigenvalue weighted by Gasteiger charge is 2.18. The van der Waals surface area contributed by atoms with Crippen LogP contribution in [0.3, 0.4) is 0 Å². The molecule has 0 bridgehead atoms. The van der Waals surface area contributed by atoms with E-state index >= 15 is 0 Å². The van der Waals surface area contributed by atoms with Gasteiger partial charge in [-0.25, -0.2) is 15.0 Å². The van der Waals surface area contributed by atoms with Crippen molar-refractivity contribution in [3.8, 4) is 28.2 Å². The lowest BCUT2D eigenvalue weighted by Gasteiger charge is -2.21. The van der Waals surface area contributed by atoms with Gasteiger partial charge in [-0.15, -0.1) is 0 Å². The van der Waals surface area contributed by atoms with E-state index in [0.717, 1.165) is 34.8 Å². The third-order valence-corrected chi connectivity index (χ3v) is 5.25. The fraction of sp³-hybridized carbons (Fsp3) is 0.240. The van der Waals surface area contributed by atoms with E-state index in [4.69, 9.17) is 0 Å². The SMILES string of the molecule is CCc1cc(-c2cnc(C)nc2)cc(C(C)C)c1-n1ccnc1-c1ccccc1. The third kappa shape index (κ3) is 3.70. The van der Waals surface area contributed by atoms with Gasteiger partial charge in [0, 0.05) is 35.9 Å². The van der Waals surface area contributed by atoms with Crippen LogP contribution in [0.5, 0.6) is 0 Å². The maximum atomic E-state index is 4.67. The monoisotopic (exact) mass is 382 g/mol. The number of nitrogens with zero attached hydrogens (tertiary/aromatic N) is 4. The summed E-state index contributed by atoms with van der Waals surface area (Å²) in [6.45, 7) is 8.60. The lowest BCUT2D eigenvalue weighted by molar-refractivity contribution is 0.839. The molecule has 146 valence electrons. The van der Waals surface area contributed by atoms with Gasteiger partial charge in [-0.3, -0.25) is 4.57 Å². The van der Waals surface area contributed by atoms with Crippen LogP contribution in [-0.4, -0.2) is 19.5 Å². The van der Waals surface area contributed by atoms with Crippen LogP contribution in [0.1, 0.15) is 43.6 Å². The predicted molar refractivity (Wildman–Crippen MR) is 118 cm³/mol. The molecule has 4 aromatic rings. The molecule has 0 saturated heterocycles. The number of imidazole rings is 1. The quantitative estimate of drug-likeness (QED) is 0.426. The molecule has 0 aliphatic carbocycles. The van der Waals surface area contributed by atoms with Gasteiger partial charge in [0.2, 0.25) is 0 Å². The Morgan fingerprint density at radius 2 is 1.62 bits per heavy atom. The van der Waals surface area contributed by atoms with Crippen molar-refractivity contribution in [3.05, 3.63) is 84.2 Å². The molecule has 2 aromatic heterocycles. The summed E-state index contributed by atoms with van der Waals surface area (Å²) in [5, 5.41) is 0. The Bertz CT molecular complexity index is 1110. The van der Waals surface area contributed by atoms with Crippen molar-refractivity contribution in [1.82, 2.24) is 19.5 Å². The fourth-order valence-corrected chi connectivity index (χ4v) is 3.72. The topological polar surface area (TPSA) is 43.6 Å². The van der Waals surface area contributed by atoms with Crippen molar-refractivity contribution in [1.29, 1.82) is 0 Å². The Labute approximate surface area is 172 Å². The van der Waals surface area contributed by atoms with Gasteiger partial charge in [0.1, 0.15) is 11.6 Å². The Kier molecular flexibility index (Phi) is 5.26. The maximum Gasteiger partial charge on any atom is 0.144 e. The second kappa shape index (κ2) is 8.00. The number of hydrogen-bond acceptors (Lipinski definition) is 3. The first-order valence-corrected chi connectivity index (χ1v) is 10.1. The molecule has 0 spiro atoms. The molecule has 0 N–H and O–H groups in total. The highest BCUT2D eigenvalue weighted by atomic mass is 15.1. The number of aromatic nitrogens is 4. The first kappa shape index (κ1) is 19.1. The fourth-order valence-electron chi connectivity index (χ4n) is 3.72. The molecule has 0 radical (unpaired) electrons. The molecular weight excluding hydrogens is 356 g/mol. The molecule has 0 aliphatic heterocycles. The molecule has 0 aliphatic rings. The van der Waals surface area contributed by atoms with Crippen molar-refractivity contribution in [3.63, 3.8) is 0 Å². The average molecular weight is 383 g/mol. The third-order valence-electron chi connectivity index (χ3n) is 5.25. The van der Waals surface area contributed by atoms with Crippen molar-refractivity contribution >= 4 is 0 Å². The molecule has 0 saturated carbocycles. The second-order valence-electron chi connectivity index (χ2n) is 7.59. The van der Waals surface area contributed by atoms with Gasteiger partial charge in [0.05, 0.1) is 5.69 Å². The number of aryl methyl sites for hydroxylation is 2.